The van der Waals surface area contributed by atoms with Crippen molar-refractivity contribution in [1.29, 1.82) is 0 Å². The summed E-state index contributed by atoms with van der Waals surface area (Å²) in [5.74, 6) is 0.592. The van der Waals surface area contributed by atoms with E-state index >= 15 is 0 Å². The van der Waals surface area contributed by atoms with Crippen LogP contribution in [0.4, 0.5) is 11.4 Å². The third-order valence-corrected chi connectivity index (χ3v) is 6.98. The van der Waals surface area contributed by atoms with Gasteiger partial charge >= 0.3 is 0 Å². The van der Waals surface area contributed by atoms with Gasteiger partial charge in [0.2, 0.25) is 0 Å². The number of rotatable bonds is 3. The number of benzene rings is 4. The number of hydrogen-bond acceptors (Lipinski definition) is 2. The summed E-state index contributed by atoms with van der Waals surface area (Å²) >= 11 is 0. The Morgan fingerprint density at radius 3 is 2.35 bits per heavy atom. The van der Waals surface area contributed by atoms with Crippen LogP contribution in [0.3, 0.4) is 0 Å². The van der Waals surface area contributed by atoms with E-state index in [-0.39, 0.29) is 0 Å². The molecule has 2 heteroatoms. The number of anilines is 2. The number of fused-ring (bicyclic) bond motifs is 5. The average molecular weight is 406 g/mol. The van der Waals surface area contributed by atoms with E-state index in [2.05, 4.69) is 85.0 Å². The van der Waals surface area contributed by atoms with Gasteiger partial charge in [0.1, 0.15) is 5.58 Å². The van der Waals surface area contributed by atoms with Gasteiger partial charge in [-0.3, -0.25) is 0 Å². The molecule has 0 atom stereocenters. The van der Waals surface area contributed by atoms with Crippen LogP contribution in [0.5, 0.6) is 0 Å². The summed E-state index contributed by atoms with van der Waals surface area (Å²) in [6, 6.07) is 26.0. The minimum Gasteiger partial charge on any atom is -0.454 e. The Kier molecular flexibility index (Phi) is 4.45. The number of aryl methyl sites for hydroxylation is 1. The van der Waals surface area contributed by atoms with E-state index in [0.29, 0.717) is 5.92 Å². The Bertz CT molecular complexity index is 1410. The fraction of sp³-hybridized carbons (Fsp3) is 0.241. The van der Waals surface area contributed by atoms with Crippen molar-refractivity contribution in [1.82, 2.24) is 0 Å². The molecular weight excluding hydrogens is 378 g/mol. The van der Waals surface area contributed by atoms with Gasteiger partial charge in [-0.25, -0.2) is 0 Å². The van der Waals surface area contributed by atoms with E-state index in [1.165, 1.54) is 64.8 Å². The molecule has 0 aliphatic heterocycles. The van der Waals surface area contributed by atoms with Crippen molar-refractivity contribution in [3.63, 3.8) is 0 Å². The van der Waals surface area contributed by atoms with Gasteiger partial charge in [-0.1, -0.05) is 73.9 Å². The molecule has 154 valence electrons. The summed E-state index contributed by atoms with van der Waals surface area (Å²) in [6.45, 7) is 2.13. The van der Waals surface area contributed by atoms with E-state index in [0.717, 1.165) is 22.5 Å². The van der Waals surface area contributed by atoms with E-state index in [4.69, 9.17) is 4.42 Å². The van der Waals surface area contributed by atoms with Crippen LogP contribution in [-0.4, -0.2) is 0 Å². The lowest BCUT2D eigenvalue weighted by atomic mass is 9.82. The molecule has 1 heterocycles. The van der Waals surface area contributed by atoms with Gasteiger partial charge in [-0.05, 0) is 65.8 Å². The lowest BCUT2D eigenvalue weighted by molar-refractivity contribution is 0.442. The number of furan rings is 1. The summed E-state index contributed by atoms with van der Waals surface area (Å²) in [6.07, 6.45) is 6.52. The molecule has 1 aliphatic rings. The Morgan fingerprint density at radius 2 is 1.48 bits per heavy atom. The minimum absolute atomic E-state index is 0.592. The molecule has 1 aromatic heterocycles. The molecule has 1 aliphatic carbocycles. The van der Waals surface area contributed by atoms with Gasteiger partial charge in [0, 0.05) is 16.5 Å². The highest BCUT2D eigenvalue weighted by atomic mass is 16.3. The van der Waals surface area contributed by atoms with Crippen LogP contribution in [0.25, 0.3) is 32.7 Å². The first-order valence-corrected chi connectivity index (χ1v) is 11.5. The monoisotopic (exact) mass is 405 g/mol. The first-order valence-electron chi connectivity index (χ1n) is 11.5. The van der Waals surface area contributed by atoms with Gasteiger partial charge in [-0.15, -0.1) is 0 Å². The zero-order chi connectivity index (χ0) is 20.8. The molecule has 1 saturated carbocycles. The average Bonchev–Trinajstić information content (AvgIpc) is 3.22. The lowest BCUT2D eigenvalue weighted by Crippen LogP contribution is -2.04. The summed E-state index contributed by atoms with van der Waals surface area (Å²) in [5, 5.41) is 8.69. The van der Waals surface area contributed by atoms with Crippen LogP contribution >= 0.6 is 0 Å². The molecule has 0 spiro atoms. The van der Waals surface area contributed by atoms with Gasteiger partial charge in [0.05, 0.1) is 5.69 Å². The van der Waals surface area contributed by atoms with E-state index in [1.807, 2.05) is 0 Å². The van der Waals surface area contributed by atoms with Crippen molar-refractivity contribution in [3.8, 4) is 0 Å². The standard InChI is InChI=1S/C29H27NO/c1-19-10-5-8-16-25(19)30-26-17-9-15-23-27-22-14-7-6-13-21(22)18-24(29(27)31-28(23)26)20-11-3-2-4-12-20/h5-10,13-18,20,30H,2-4,11-12H2,1H3. The van der Waals surface area contributed by atoms with E-state index < -0.39 is 0 Å². The Morgan fingerprint density at radius 1 is 0.742 bits per heavy atom. The minimum atomic E-state index is 0.592. The van der Waals surface area contributed by atoms with Crippen LogP contribution in [-0.2, 0) is 0 Å². The second-order valence-corrected chi connectivity index (χ2v) is 8.95. The number of hydrogen-bond donors (Lipinski definition) is 1. The van der Waals surface area contributed by atoms with E-state index in [9.17, 15) is 0 Å². The molecule has 0 bridgehead atoms. The predicted octanol–water partition coefficient (Wildman–Crippen LogP) is 8.84. The summed E-state index contributed by atoms with van der Waals surface area (Å²) in [7, 11) is 0. The molecule has 0 amide bonds. The molecule has 0 unspecified atom stereocenters. The van der Waals surface area contributed by atoms with E-state index in [1.54, 1.807) is 0 Å². The van der Waals surface area contributed by atoms with Crippen LogP contribution in [0.2, 0.25) is 0 Å². The lowest BCUT2D eigenvalue weighted by Gasteiger charge is -2.22. The number of nitrogens with one attached hydrogen (secondary N) is 1. The van der Waals surface area contributed by atoms with Crippen molar-refractivity contribution < 1.29 is 4.42 Å². The Balaban J connectivity index is 1.63. The van der Waals surface area contributed by atoms with Gasteiger partial charge < -0.3 is 9.73 Å². The zero-order valence-corrected chi connectivity index (χ0v) is 17.9. The van der Waals surface area contributed by atoms with Crippen molar-refractivity contribution >= 4 is 44.1 Å². The molecule has 1 fully saturated rings. The third kappa shape index (κ3) is 3.09. The highest BCUT2D eigenvalue weighted by Gasteiger charge is 2.23. The predicted molar refractivity (Wildman–Crippen MR) is 132 cm³/mol. The topological polar surface area (TPSA) is 25.2 Å². The largest absolute Gasteiger partial charge is 0.454 e. The Labute approximate surface area is 182 Å². The second-order valence-electron chi connectivity index (χ2n) is 8.95. The summed E-state index contributed by atoms with van der Waals surface area (Å²) < 4.78 is 6.73. The smallest absolute Gasteiger partial charge is 0.158 e. The molecule has 5 aromatic rings. The Hall–Kier alpha value is -3.26. The normalized spacial score (nSPS) is 15.1. The fourth-order valence-corrected chi connectivity index (χ4v) is 5.35. The summed E-state index contributed by atoms with van der Waals surface area (Å²) in [5.41, 5.74) is 6.80. The van der Waals surface area contributed by atoms with Crippen molar-refractivity contribution in [3.05, 3.63) is 83.9 Å². The second kappa shape index (κ2) is 7.46. The molecule has 4 aromatic carbocycles. The first-order chi connectivity index (χ1) is 15.3. The highest BCUT2D eigenvalue weighted by Crippen LogP contribution is 2.44. The van der Waals surface area contributed by atoms with Crippen LogP contribution < -0.4 is 5.32 Å². The molecule has 1 N–H and O–H groups in total. The van der Waals surface area contributed by atoms with Crippen molar-refractivity contribution in [2.24, 2.45) is 0 Å². The maximum absolute atomic E-state index is 6.73. The highest BCUT2D eigenvalue weighted by molar-refractivity contribution is 6.21. The fourth-order valence-electron chi connectivity index (χ4n) is 5.35. The molecule has 6 rings (SSSR count). The summed E-state index contributed by atoms with van der Waals surface area (Å²) in [4.78, 5) is 0. The zero-order valence-electron chi connectivity index (χ0n) is 17.9. The van der Waals surface area contributed by atoms with Crippen LogP contribution in [0, 0.1) is 6.92 Å². The van der Waals surface area contributed by atoms with Crippen LogP contribution in [0.1, 0.15) is 49.1 Å². The molecule has 0 saturated heterocycles. The number of para-hydroxylation sites is 2. The quantitative estimate of drug-likeness (QED) is 0.324. The SMILES string of the molecule is Cc1ccccc1Nc1cccc2c1oc1c(C3CCCCC3)cc3ccccc3c12. The van der Waals surface area contributed by atoms with Gasteiger partial charge in [0.25, 0.3) is 0 Å². The van der Waals surface area contributed by atoms with Crippen molar-refractivity contribution in [2.45, 2.75) is 44.9 Å². The van der Waals surface area contributed by atoms with Crippen molar-refractivity contribution in [2.75, 3.05) is 5.32 Å². The third-order valence-electron chi connectivity index (χ3n) is 6.98. The maximum Gasteiger partial charge on any atom is 0.158 e. The van der Waals surface area contributed by atoms with Gasteiger partial charge in [-0.2, -0.15) is 0 Å². The van der Waals surface area contributed by atoms with Crippen LogP contribution in [0.15, 0.2) is 77.2 Å². The molecular formula is C29H27NO. The molecule has 2 nitrogen and oxygen atoms in total. The molecule has 0 radical (unpaired) electrons. The van der Waals surface area contributed by atoms with Gasteiger partial charge in [0.15, 0.2) is 5.58 Å². The molecule has 31 heavy (non-hydrogen) atoms. The first kappa shape index (κ1) is 18.5. The maximum atomic E-state index is 6.73.